The largest absolute Gasteiger partial charge is 0.464 e. The highest BCUT2D eigenvalue weighted by molar-refractivity contribution is 5.86. The van der Waals surface area contributed by atoms with Crippen LogP contribution < -0.4 is 0 Å². The highest BCUT2D eigenvalue weighted by Gasteiger charge is 2.35. The summed E-state index contributed by atoms with van der Waals surface area (Å²) in [6.07, 6.45) is 0.803. The second-order valence-electron chi connectivity index (χ2n) is 6.16. The van der Waals surface area contributed by atoms with Gasteiger partial charge in [-0.05, 0) is 30.5 Å². The summed E-state index contributed by atoms with van der Waals surface area (Å²) < 4.78 is 7.22. The first-order valence-electron chi connectivity index (χ1n) is 8.08. The van der Waals surface area contributed by atoms with E-state index in [1.807, 2.05) is 48.5 Å². The summed E-state index contributed by atoms with van der Waals surface area (Å²) >= 11 is 0. The Morgan fingerprint density at radius 3 is 2.58 bits per heavy atom. The van der Waals surface area contributed by atoms with Crippen LogP contribution in [-0.4, -0.2) is 26.9 Å². The number of fused-ring (bicyclic) bond motifs is 1. The maximum atomic E-state index is 11.6. The zero-order valence-corrected chi connectivity index (χ0v) is 13.1. The van der Waals surface area contributed by atoms with Gasteiger partial charge in [-0.25, -0.2) is 14.3 Å². The number of aromatic nitrogens is 2. The smallest absolute Gasteiger partial charge is 0.417 e. The van der Waals surface area contributed by atoms with Gasteiger partial charge in [0, 0.05) is 5.92 Å². The molecule has 0 unspecified atom stereocenters. The Kier molecular flexibility index (Phi) is 3.78. The number of carbonyl (C=O) groups is 1. The molecule has 0 spiro atoms. The first-order chi connectivity index (χ1) is 11.7. The molecule has 0 radical (unpaired) electrons. The number of hydrogen-bond donors (Lipinski definition) is 1. The molecule has 5 heteroatoms. The molecular formula is C19H18N2O3. The molecule has 0 amide bonds. The molecule has 0 saturated heterocycles. The number of rotatable bonds is 4. The lowest BCUT2D eigenvalue weighted by atomic mass is 9.81. The van der Waals surface area contributed by atoms with E-state index >= 15 is 0 Å². The van der Waals surface area contributed by atoms with Crippen molar-refractivity contribution in [3.05, 3.63) is 66.0 Å². The van der Waals surface area contributed by atoms with Gasteiger partial charge in [0.15, 0.2) is 0 Å². The van der Waals surface area contributed by atoms with Gasteiger partial charge < -0.3 is 9.84 Å². The van der Waals surface area contributed by atoms with Gasteiger partial charge in [0.1, 0.15) is 5.82 Å². The van der Waals surface area contributed by atoms with Crippen molar-refractivity contribution in [2.75, 3.05) is 0 Å². The first kappa shape index (κ1) is 14.9. The number of para-hydroxylation sites is 2. The number of nitrogens with zero attached hydrogens (tertiary/aromatic N) is 2. The van der Waals surface area contributed by atoms with Gasteiger partial charge in [-0.3, -0.25) is 0 Å². The second-order valence-corrected chi connectivity index (χ2v) is 6.16. The van der Waals surface area contributed by atoms with Crippen LogP contribution in [0.25, 0.3) is 11.0 Å². The molecule has 0 aliphatic heterocycles. The third kappa shape index (κ3) is 2.67. The normalized spacial score (nSPS) is 20.0. The number of imidazole rings is 1. The van der Waals surface area contributed by atoms with Crippen molar-refractivity contribution < 1.29 is 14.6 Å². The Morgan fingerprint density at radius 2 is 1.83 bits per heavy atom. The molecule has 24 heavy (non-hydrogen) atoms. The van der Waals surface area contributed by atoms with Gasteiger partial charge in [-0.15, -0.1) is 0 Å². The average Bonchev–Trinajstić information content (AvgIpc) is 2.93. The second kappa shape index (κ2) is 6.09. The van der Waals surface area contributed by atoms with E-state index < -0.39 is 6.09 Å². The number of benzene rings is 2. The molecular weight excluding hydrogens is 304 g/mol. The molecule has 0 bridgehead atoms. The van der Waals surface area contributed by atoms with Crippen molar-refractivity contribution in [2.45, 2.75) is 31.5 Å². The molecule has 0 atom stereocenters. The molecule has 1 aromatic heterocycles. The monoisotopic (exact) mass is 322 g/mol. The highest BCUT2D eigenvalue weighted by atomic mass is 16.5. The zero-order chi connectivity index (χ0) is 16.5. The SMILES string of the molecule is O=C(O)n1c2ccccc2nc1[C@H]1C[C@@H](OCc2ccccc2)C1. The molecule has 1 fully saturated rings. The Morgan fingerprint density at radius 1 is 1.12 bits per heavy atom. The molecule has 1 heterocycles. The van der Waals surface area contributed by atoms with Crippen LogP contribution in [0.4, 0.5) is 4.79 Å². The maximum Gasteiger partial charge on any atom is 0.417 e. The van der Waals surface area contributed by atoms with Crippen LogP contribution >= 0.6 is 0 Å². The average molecular weight is 322 g/mol. The minimum atomic E-state index is -0.979. The Balaban J connectivity index is 1.46. The van der Waals surface area contributed by atoms with Gasteiger partial charge in [-0.2, -0.15) is 0 Å². The van der Waals surface area contributed by atoms with Crippen molar-refractivity contribution in [2.24, 2.45) is 0 Å². The fourth-order valence-corrected chi connectivity index (χ4v) is 3.22. The minimum Gasteiger partial charge on any atom is -0.464 e. The third-order valence-corrected chi connectivity index (χ3v) is 4.57. The molecule has 2 aromatic carbocycles. The summed E-state index contributed by atoms with van der Waals surface area (Å²) in [5.74, 6) is 0.762. The number of ether oxygens (including phenoxy) is 1. The molecule has 122 valence electrons. The van der Waals surface area contributed by atoms with Crippen molar-refractivity contribution in [3.63, 3.8) is 0 Å². The summed E-state index contributed by atoms with van der Waals surface area (Å²) in [4.78, 5) is 16.2. The Bertz CT molecular complexity index is 867. The van der Waals surface area contributed by atoms with Gasteiger partial charge in [0.25, 0.3) is 0 Å². The molecule has 3 aromatic rings. The van der Waals surface area contributed by atoms with Crippen LogP contribution in [0.2, 0.25) is 0 Å². The Labute approximate surface area is 139 Å². The minimum absolute atomic E-state index is 0.134. The third-order valence-electron chi connectivity index (χ3n) is 4.57. The van der Waals surface area contributed by atoms with Crippen LogP contribution in [0.1, 0.15) is 30.1 Å². The fourth-order valence-electron chi connectivity index (χ4n) is 3.22. The standard InChI is InChI=1S/C19H18N2O3/c22-19(23)21-17-9-5-4-8-16(17)20-18(21)14-10-15(11-14)24-12-13-6-2-1-3-7-13/h1-9,14-15H,10-12H2,(H,22,23)/t14-,15+. The summed E-state index contributed by atoms with van der Waals surface area (Å²) in [5, 5.41) is 9.53. The van der Waals surface area contributed by atoms with Crippen LogP contribution in [0.5, 0.6) is 0 Å². The topological polar surface area (TPSA) is 64.3 Å². The van der Waals surface area contributed by atoms with E-state index in [1.54, 1.807) is 6.07 Å². The van der Waals surface area contributed by atoms with Gasteiger partial charge in [0.05, 0.1) is 23.7 Å². The van der Waals surface area contributed by atoms with Gasteiger partial charge in [0.2, 0.25) is 0 Å². The number of hydrogen-bond acceptors (Lipinski definition) is 3. The van der Waals surface area contributed by atoms with E-state index in [4.69, 9.17) is 4.74 Å². The summed E-state index contributed by atoms with van der Waals surface area (Å²) in [6, 6.07) is 17.4. The van der Waals surface area contributed by atoms with Gasteiger partial charge in [-0.1, -0.05) is 42.5 Å². The number of carboxylic acid groups (broad SMARTS) is 1. The summed E-state index contributed by atoms with van der Waals surface area (Å²) in [7, 11) is 0. The van der Waals surface area contributed by atoms with E-state index in [-0.39, 0.29) is 12.0 Å². The van der Waals surface area contributed by atoms with Crippen molar-refractivity contribution in [3.8, 4) is 0 Å². The predicted molar refractivity (Wildman–Crippen MR) is 90.1 cm³/mol. The molecule has 4 rings (SSSR count). The van der Waals surface area contributed by atoms with E-state index in [1.165, 1.54) is 4.57 Å². The van der Waals surface area contributed by atoms with Crippen LogP contribution in [0.3, 0.4) is 0 Å². The maximum absolute atomic E-state index is 11.6. The van der Waals surface area contributed by atoms with Gasteiger partial charge >= 0.3 is 6.09 Å². The molecule has 5 nitrogen and oxygen atoms in total. The summed E-state index contributed by atoms with van der Waals surface area (Å²) in [6.45, 7) is 0.591. The molecule has 1 aliphatic rings. The van der Waals surface area contributed by atoms with E-state index in [9.17, 15) is 9.90 Å². The van der Waals surface area contributed by atoms with E-state index in [0.29, 0.717) is 17.9 Å². The van der Waals surface area contributed by atoms with Crippen LogP contribution in [0, 0.1) is 0 Å². The zero-order valence-electron chi connectivity index (χ0n) is 13.1. The van der Waals surface area contributed by atoms with Crippen LogP contribution in [0.15, 0.2) is 54.6 Å². The lowest BCUT2D eigenvalue weighted by Gasteiger charge is -2.34. The quantitative estimate of drug-likeness (QED) is 0.788. The molecule has 1 N–H and O–H groups in total. The van der Waals surface area contributed by atoms with Crippen molar-refractivity contribution in [1.29, 1.82) is 0 Å². The van der Waals surface area contributed by atoms with E-state index in [2.05, 4.69) is 4.98 Å². The summed E-state index contributed by atoms with van der Waals surface area (Å²) in [5.41, 5.74) is 2.52. The van der Waals surface area contributed by atoms with Crippen LogP contribution in [-0.2, 0) is 11.3 Å². The van der Waals surface area contributed by atoms with Crippen molar-refractivity contribution in [1.82, 2.24) is 9.55 Å². The molecule has 1 saturated carbocycles. The van der Waals surface area contributed by atoms with E-state index in [0.717, 1.165) is 23.9 Å². The van der Waals surface area contributed by atoms with Crippen molar-refractivity contribution >= 4 is 17.1 Å². The lowest BCUT2D eigenvalue weighted by molar-refractivity contribution is -0.0226. The Hall–Kier alpha value is -2.66. The fraction of sp³-hybridized carbons (Fsp3) is 0.263. The first-order valence-corrected chi connectivity index (χ1v) is 8.08. The lowest BCUT2D eigenvalue weighted by Crippen LogP contribution is -2.32. The highest BCUT2D eigenvalue weighted by Crippen LogP contribution is 2.39. The molecule has 1 aliphatic carbocycles. The predicted octanol–water partition coefficient (Wildman–Crippen LogP) is 4.03.